The van der Waals surface area contributed by atoms with Gasteiger partial charge < -0.3 is 0 Å². The molecule has 0 saturated heterocycles. The SMILES string of the molecule is CSc1nncn1-c1ccc(C2CC2)c2ccccc12. The molecule has 0 radical (unpaired) electrons. The molecule has 4 heteroatoms. The molecule has 1 aliphatic rings. The van der Waals surface area contributed by atoms with Gasteiger partial charge in [0, 0.05) is 5.39 Å². The molecule has 100 valence electrons. The normalized spacial score (nSPS) is 14.8. The van der Waals surface area contributed by atoms with E-state index in [9.17, 15) is 0 Å². The number of hydrogen-bond donors (Lipinski definition) is 0. The van der Waals surface area contributed by atoms with Crippen LogP contribution < -0.4 is 0 Å². The first-order chi connectivity index (χ1) is 9.88. The summed E-state index contributed by atoms with van der Waals surface area (Å²) in [6, 6.07) is 13.1. The molecule has 0 amide bonds. The van der Waals surface area contributed by atoms with Gasteiger partial charge in [-0.15, -0.1) is 10.2 Å². The molecule has 1 aliphatic carbocycles. The fraction of sp³-hybridized carbons (Fsp3) is 0.250. The van der Waals surface area contributed by atoms with Crippen LogP contribution in [-0.4, -0.2) is 21.0 Å². The van der Waals surface area contributed by atoms with Crippen LogP contribution >= 0.6 is 11.8 Å². The van der Waals surface area contributed by atoms with E-state index in [1.807, 2.05) is 6.26 Å². The first-order valence-corrected chi connectivity index (χ1v) is 8.07. The zero-order valence-corrected chi connectivity index (χ0v) is 12.1. The van der Waals surface area contributed by atoms with Crippen molar-refractivity contribution < 1.29 is 0 Å². The van der Waals surface area contributed by atoms with E-state index in [2.05, 4.69) is 51.2 Å². The van der Waals surface area contributed by atoms with Gasteiger partial charge in [-0.05, 0) is 42.0 Å². The van der Waals surface area contributed by atoms with E-state index in [1.54, 1.807) is 18.1 Å². The quantitative estimate of drug-likeness (QED) is 0.679. The maximum atomic E-state index is 4.16. The van der Waals surface area contributed by atoms with Gasteiger partial charge in [0.05, 0.1) is 5.69 Å². The van der Waals surface area contributed by atoms with Gasteiger partial charge in [0.25, 0.3) is 0 Å². The van der Waals surface area contributed by atoms with Crippen molar-refractivity contribution >= 4 is 22.5 Å². The average Bonchev–Trinajstić information content (AvgIpc) is 3.23. The molecule has 1 heterocycles. The predicted octanol–water partition coefficient (Wildman–Crippen LogP) is 4.02. The van der Waals surface area contributed by atoms with Gasteiger partial charge in [0.2, 0.25) is 0 Å². The summed E-state index contributed by atoms with van der Waals surface area (Å²) in [4.78, 5) is 0. The first-order valence-electron chi connectivity index (χ1n) is 6.84. The molecule has 1 aromatic heterocycles. The molecule has 0 spiro atoms. The van der Waals surface area contributed by atoms with Crippen molar-refractivity contribution in [1.29, 1.82) is 0 Å². The Kier molecular flexibility index (Phi) is 2.77. The van der Waals surface area contributed by atoms with Crippen LogP contribution in [0, 0.1) is 0 Å². The number of benzene rings is 2. The Balaban J connectivity index is 1.99. The van der Waals surface area contributed by atoms with Gasteiger partial charge in [0.15, 0.2) is 5.16 Å². The largest absolute Gasteiger partial charge is 0.276 e. The Hall–Kier alpha value is -1.81. The van der Waals surface area contributed by atoms with E-state index >= 15 is 0 Å². The van der Waals surface area contributed by atoms with Crippen molar-refractivity contribution in [2.75, 3.05) is 6.26 Å². The Morgan fingerprint density at radius 3 is 2.65 bits per heavy atom. The fourth-order valence-electron chi connectivity index (χ4n) is 2.80. The summed E-state index contributed by atoms with van der Waals surface area (Å²) in [6.45, 7) is 0. The number of rotatable bonds is 3. The molecule has 3 aromatic rings. The van der Waals surface area contributed by atoms with Crippen LogP contribution in [0.5, 0.6) is 0 Å². The molecule has 1 fully saturated rings. The van der Waals surface area contributed by atoms with Crippen molar-refractivity contribution in [2.45, 2.75) is 23.9 Å². The van der Waals surface area contributed by atoms with Crippen LogP contribution in [-0.2, 0) is 0 Å². The minimum atomic E-state index is 0.759. The molecule has 4 rings (SSSR count). The van der Waals surface area contributed by atoms with Crippen molar-refractivity contribution in [3.8, 4) is 5.69 Å². The Bertz CT molecular complexity index is 774. The summed E-state index contributed by atoms with van der Waals surface area (Å²) < 4.78 is 2.07. The molecule has 3 nitrogen and oxygen atoms in total. The minimum absolute atomic E-state index is 0.759. The van der Waals surface area contributed by atoms with E-state index in [0.29, 0.717) is 0 Å². The number of aromatic nitrogens is 3. The highest BCUT2D eigenvalue weighted by Crippen LogP contribution is 2.44. The highest BCUT2D eigenvalue weighted by atomic mass is 32.2. The highest BCUT2D eigenvalue weighted by molar-refractivity contribution is 7.98. The van der Waals surface area contributed by atoms with Crippen molar-refractivity contribution in [3.63, 3.8) is 0 Å². The van der Waals surface area contributed by atoms with E-state index in [-0.39, 0.29) is 0 Å². The van der Waals surface area contributed by atoms with Gasteiger partial charge in [-0.1, -0.05) is 42.1 Å². The van der Waals surface area contributed by atoms with Crippen molar-refractivity contribution in [2.24, 2.45) is 0 Å². The molecule has 0 unspecified atom stereocenters. The zero-order valence-electron chi connectivity index (χ0n) is 11.3. The smallest absolute Gasteiger partial charge is 0.195 e. The maximum Gasteiger partial charge on any atom is 0.195 e. The number of hydrogen-bond acceptors (Lipinski definition) is 3. The molecule has 0 bridgehead atoms. The molecule has 0 N–H and O–H groups in total. The highest BCUT2D eigenvalue weighted by Gasteiger charge is 2.25. The van der Waals surface area contributed by atoms with Gasteiger partial charge in [-0.3, -0.25) is 4.57 Å². The van der Waals surface area contributed by atoms with Crippen LogP contribution in [0.1, 0.15) is 24.3 Å². The lowest BCUT2D eigenvalue weighted by Gasteiger charge is -2.12. The third kappa shape index (κ3) is 1.83. The van der Waals surface area contributed by atoms with Crippen LogP contribution in [0.2, 0.25) is 0 Å². The van der Waals surface area contributed by atoms with E-state index in [4.69, 9.17) is 0 Å². The summed E-state index contributed by atoms with van der Waals surface area (Å²) in [5.74, 6) is 0.759. The summed E-state index contributed by atoms with van der Waals surface area (Å²) in [6.07, 6.45) is 6.48. The maximum absolute atomic E-state index is 4.16. The summed E-state index contributed by atoms with van der Waals surface area (Å²) in [5.41, 5.74) is 2.66. The fourth-order valence-corrected chi connectivity index (χ4v) is 3.27. The lowest BCUT2D eigenvalue weighted by atomic mass is 9.99. The Labute approximate surface area is 122 Å². The number of nitrogens with zero attached hydrogens (tertiary/aromatic N) is 3. The first kappa shape index (κ1) is 12.0. The topological polar surface area (TPSA) is 30.7 Å². The third-order valence-corrected chi connectivity index (χ3v) is 4.55. The van der Waals surface area contributed by atoms with Gasteiger partial charge >= 0.3 is 0 Å². The molecular formula is C16H15N3S. The molecule has 2 aromatic carbocycles. The molecular weight excluding hydrogens is 266 g/mol. The predicted molar refractivity (Wildman–Crippen MR) is 82.6 cm³/mol. The Morgan fingerprint density at radius 2 is 1.90 bits per heavy atom. The second kappa shape index (κ2) is 4.63. The van der Waals surface area contributed by atoms with Gasteiger partial charge in [-0.25, -0.2) is 0 Å². The lowest BCUT2D eigenvalue weighted by molar-refractivity contribution is 0.891. The number of thioether (sulfide) groups is 1. The molecule has 0 aliphatic heterocycles. The van der Waals surface area contributed by atoms with Crippen LogP contribution in [0.25, 0.3) is 16.5 Å². The van der Waals surface area contributed by atoms with Crippen molar-refractivity contribution in [1.82, 2.24) is 14.8 Å². The minimum Gasteiger partial charge on any atom is -0.276 e. The average molecular weight is 281 g/mol. The monoisotopic (exact) mass is 281 g/mol. The van der Waals surface area contributed by atoms with Crippen LogP contribution in [0.3, 0.4) is 0 Å². The Morgan fingerprint density at radius 1 is 1.10 bits per heavy atom. The zero-order chi connectivity index (χ0) is 13.5. The lowest BCUT2D eigenvalue weighted by Crippen LogP contribution is -1.97. The van der Waals surface area contributed by atoms with E-state index < -0.39 is 0 Å². The number of fused-ring (bicyclic) bond motifs is 1. The third-order valence-electron chi connectivity index (χ3n) is 3.91. The van der Waals surface area contributed by atoms with Crippen LogP contribution in [0.15, 0.2) is 47.9 Å². The van der Waals surface area contributed by atoms with Crippen LogP contribution in [0.4, 0.5) is 0 Å². The van der Waals surface area contributed by atoms with Crippen molar-refractivity contribution in [3.05, 3.63) is 48.3 Å². The van der Waals surface area contributed by atoms with E-state index in [1.165, 1.54) is 34.9 Å². The molecule has 1 saturated carbocycles. The second-order valence-corrected chi connectivity index (χ2v) is 5.95. The van der Waals surface area contributed by atoms with E-state index in [0.717, 1.165) is 11.1 Å². The standard InChI is InChI=1S/C16H15N3S/c1-20-16-18-17-10-19(16)15-9-8-12(11-6-7-11)13-4-2-3-5-14(13)15/h2-5,8-11H,6-7H2,1H3. The summed E-state index contributed by atoms with van der Waals surface area (Å²) in [7, 11) is 0. The molecule has 20 heavy (non-hydrogen) atoms. The van der Waals surface area contributed by atoms with Gasteiger partial charge in [0.1, 0.15) is 6.33 Å². The molecule has 0 atom stereocenters. The summed E-state index contributed by atoms with van der Waals surface area (Å²) in [5, 5.41) is 11.8. The second-order valence-electron chi connectivity index (χ2n) is 5.18. The summed E-state index contributed by atoms with van der Waals surface area (Å²) >= 11 is 1.62. The van der Waals surface area contributed by atoms with Gasteiger partial charge in [-0.2, -0.15) is 0 Å².